The van der Waals surface area contributed by atoms with Gasteiger partial charge in [-0.3, -0.25) is 14.2 Å². The number of carbonyl (C=O) groups is 2. The first-order valence-corrected chi connectivity index (χ1v) is 27.6. The Morgan fingerprint density at radius 1 is 0.441 bits per heavy atom. The summed E-state index contributed by atoms with van der Waals surface area (Å²) in [4.78, 5) is 83.4. The Labute approximate surface area is 405 Å². The standard InChI is InChI=1S/C41H81O19P3.5H3N/c1-3-5-7-9-11-13-15-17-19-21-23-25-27-29-34(42)55-31-33(57-35(43)30-28-26-24-22-20-18-16-14-12-10-8-6-4-2)32-56-63(53,54)60-39-36(44)37(45)40(58-61(47,48)49)41(38(39)46)59-62(50,51)52;;;;;/h33,36-41,44-46H,3-32H2,1-2H3,(H,53,54)(H2,47,48,49)(H2,50,51,52);5*1H3/t33?,36-,37-,38+,39+,40+,41+;;;;;/m1...../s1. The lowest BCUT2D eigenvalue weighted by Gasteiger charge is -2.50. The predicted octanol–water partition coefficient (Wildman–Crippen LogP) is 6.68. The molecule has 0 saturated heterocycles. The number of hydrogen-bond donors (Lipinski definition) is 8. The molecular weight excluding hydrogens is 959 g/mol. The third kappa shape index (κ3) is 38.6. The molecule has 24 nitrogen and oxygen atoms in total. The fraction of sp³-hybridized carbons (Fsp3) is 0.951. The van der Waals surface area contributed by atoms with Crippen LogP contribution in [0.3, 0.4) is 0 Å². The molecule has 27 heteroatoms. The molecule has 0 amide bonds. The number of phosphoric ester groups is 3. The van der Waals surface area contributed by atoms with E-state index >= 15 is 0 Å². The zero-order chi connectivity index (χ0) is 47.2. The van der Waals surface area contributed by atoms with Crippen molar-refractivity contribution in [2.75, 3.05) is 13.2 Å². The zero-order valence-corrected chi connectivity index (χ0v) is 45.2. The summed E-state index contributed by atoms with van der Waals surface area (Å²) in [5, 5.41) is 31.5. The smallest absolute Gasteiger partial charge is 0.306 e. The van der Waals surface area contributed by atoms with Gasteiger partial charge in [0.15, 0.2) is 6.10 Å². The molecule has 0 aliphatic heterocycles. The quantitative estimate of drug-likeness (QED) is 0.0180. The predicted molar refractivity (Wildman–Crippen MR) is 253 cm³/mol. The van der Waals surface area contributed by atoms with Gasteiger partial charge in [-0.05, 0) is 12.8 Å². The third-order valence-electron chi connectivity index (χ3n) is 10.9. The number of hydrogen-bond acceptors (Lipinski definition) is 19. The van der Waals surface area contributed by atoms with Gasteiger partial charge in [0.2, 0.25) is 0 Å². The van der Waals surface area contributed by atoms with E-state index in [9.17, 15) is 63.1 Å². The molecule has 0 radical (unpaired) electrons. The van der Waals surface area contributed by atoms with Crippen LogP contribution in [0.25, 0.3) is 0 Å². The van der Waals surface area contributed by atoms with Crippen molar-refractivity contribution in [3.63, 3.8) is 0 Å². The molecule has 0 heterocycles. The summed E-state index contributed by atoms with van der Waals surface area (Å²) >= 11 is 0. The number of aliphatic hydroxyl groups excluding tert-OH is 3. The van der Waals surface area contributed by atoms with Gasteiger partial charge in [0.25, 0.3) is 7.82 Å². The highest BCUT2D eigenvalue weighted by molar-refractivity contribution is 7.46. The monoisotopic (exact) mass is 1060 g/mol. The minimum Gasteiger partial charge on any atom is -0.790 e. The molecular formula is C41H96N5O19P3. The maximum Gasteiger partial charge on any atom is 0.306 e. The van der Waals surface area contributed by atoms with Gasteiger partial charge in [-0.2, -0.15) is 0 Å². The van der Waals surface area contributed by atoms with Gasteiger partial charge < -0.3 is 107 Å². The second-order valence-electron chi connectivity index (χ2n) is 16.6. The molecule has 0 bridgehead atoms. The van der Waals surface area contributed by atoms with Crippen molar-refractivity contribution < 1.29 is 90.6 Å². The van der Waals surface area contributed by atoms with Crippen LogP contribution in [-0.4, -0.2) is 83.2 Å². The minimum atomic E-state index is -6.15. The van der Waals surface area contributed by atoms with E-state index in [2.05, 4.69) is 27.4 Å². The highest BCUT2D eigenvalue weighted by Gasteiger charge is 2.53. The fourth-order valence-electron chi connectivity index (χ4n) is 7.38. The van der Waals surface area contributed by atoms with Crippen LogP contribution < -0.4 is 55.2 Å². The maximum atomic E-state index is 12.9. The van der Waals surface area contributed by atoms with Crippen molar-refractivity contribution in [3.05, 3.63) is 0 Å². The second kappa shape index (κ2) is 43.5. The first-order valence-electron chi connectivity index (χ1n) is 23.2. The summed E-state index contributed by atoms with van der Waals surface area (Å²) in [5.41, 5.74) is 0. The lowest BCUT2D eigenvalue weighted by Crippen LogP contribution is -2.65. The van der Waals surface area contributed by atoms with Crippen molar-refractivity contribution in [2.24, 2.45) is 0 Å². The number of carbonyl (C=O) groups excluding carboxylic acids is 2. The molecule has 8 atom stereocenters. The molecule has 0 aromatic rings. The number of esters is 2. The van der Waals surface area contributed by atoms with E-state index in [0.717, 1.165) is 57.8 Å². The van der Waals surface area contributed by atoms with Gasteiger partial charge in [0.1, 0.15) is 43.2 Å². The van der Waals surface area contributed by atoms with E-state index in [-0.39, 0.29) is 43.6 Å². The summed E-state index contributed by atoms with van der Waals surface area (Å²) in [6, 6.07) is 0. The van der Waals surface area contributed by atoms with Gasteiger partial charge in [-0.15, -0.1) is 0 Å². The van der Waals surface area contributed by atoms with Crippen LogP contribution in [0.1, 0.15) is 194 Å². The highest BCUT2D eigenvalue weighted by Crippen LogP contribution is 2.46. The Hall–Kier alpha value is -1.05. The summed E-state index contributed by atoms with van der Waals surface area (Å²) in [6.07, 6.45) is 11.1. The number of quaternary nitrogens is 5. The van der Waals surface area contributed by atoms with Crippen LogP contribution in [0.5, 0.6) is 0 Å². The molecule has 1 aliphatic carbocycles. The Morgan fingerprint density at radius 3 is 1.10 bits per heavy atom. The second-order valence-corrected chi connectivity index (χ2v) is 20.2. The summed E-state index contributed by atoms with van der Waals surface area (Å²) in [5.74, 6) is -1.36. The normalized spacial score (nSPS) is 20.5. The van der Waals surface area contributed by atoms with Gasteiger partial charge in [-0.25, -0.2) is 0 Å². The first-order chi connectivity index (χ1) is 29.8. The maximum absolute atomic E-state index is 12.9. The van der Waals surface area contributed by atoms with Crippen molar-refractivity contribution in [2.45, 2.75) is 236 Å². The molecule has 1 saturated carbocycles. The average molecular weight is 1060 g/mol. The number of phosphoric acid groups is 3. The molecule has 0 spiro atoms. The lowest BCUT2D eigenvalue weighted by molar-refractivity contribution is -0.366. The van der Waals surface area contributed by atoms with Gasteiger partial charge in [0.05, 0.1) is 22.3 Å². The van der Waals surface area contributed by atoms with Crippen molar-refractivity contribution >= 4 is 35.4 Å². The van der Waals surface area contributed by atoms with Crippen LogP contribution in [0, 0.1) is 0 Å². The Morgan fingerprint density at radius 2 is 0.750 bits per heavy atom. The van der Waals surface area contributed by atoms with Crippen LogP contribution >= 0.6 is 23.5 Å². The molecule has 414 valence electrons. The van der Waals surface area contributed by atoms with E-state index in [1.807, 2.05) is 0 Å². The largest absolute Gasteiger partial charge is 0.790 e. The van der Waals surface area contributed by atoms with Crippen molar-refractivity contribution in [3.8, 4) is 0 Å². The van der Waals surface area contributed by atoms with E-state index in [0.29, 0.717) is 12.8 Å². The average Bonchev–Trinajstić information content (AvgIpc) is 3.20. The summed E-state index contributed by atoms with van der Waals surface area (Å²) < 4.78 is 63.7. The third-order valence-corrected chi connectivity index (χ3v) is 12.9. The summed E-state index contributed by atoms with van der Waals surface area (Å²) in [6.45, 7) is 2.78. The number of aliphatic hydroxyl groups is 3. The first kappa shape index (κ1) is 75.9. The molecule has 23 N–H and O–H groups in total. The Balaban J connectivity index is -0.00000265. The van der Waals surface area contributed by atoms with E-state index in [1.165, 1.54) is 96.3 Å². The number of rotatable bonds is 40. The Kier molecular flexibility index (Phi) is 48.6. The molecule has 1 aliphatic rings. The van der Waals surface area contributed by atoms with Crippen LogP contribution in [0.15, 0.2) is 0 Å². The molecule has 1 rings (SSSR count). The van der Waals surface area contributed by atoms with Gasteiger partial charge in [-0.1, -0.05) is 168 Å². The topological polar surface area (TPSA) is 499 Å². The van der Waals surface area contributed by atoms with E-state index in [4.69, 9.17) is 14.0 Å². The fourth-order valence-corrected chi connectivity index (χ4v) is 9.42. The highest BCUT2D eigenvalue weighted by atomic mass is 31.2. The Bertz CT molecular complexity index is 1370. The SMILES string of the molecule is CCCCCCCCCCCCCCCC(=O)OCC(COP(=O)([O-])O[C@H]1[C@H](O)[C@@H](O)[C@H](OP(=O)([O-])[O-])[C@@H](OP(=O)([O-])[O-])[C@H]1O)OC(=O)CCCCCCCCCCCCCCC.[NH4+].[NH4+].[NH4+].[NH4+].[NH4+]. The summed E-state index contributed by atoms with van der Waals surface area (Å²) in [7, 11) is -18.0. The molecule has 0 aromatic heterocycles. The lowest BCUT2D eigenvalue weighted by atomic mass is 9.85. The molecule has 0 aromatic carbocycles. The molecule has 2 unspecified atom stereocenters. The van der Waals surface area contributed by atoms with E-state index < -0.39 is 91.3 Å². The molecule has 1 fully saturated rings. The zero-order valence-electron chi connectivity index (χ0n) is 42.5. The van der Waals surface area contributed by atoms with Gasteiger partial charge >= 0.3 is 11.9 Å². The molecule has 68 heavy (non-hydrogen) atoms. The van der Waals surface area contributed by atoms with Crippen LogP contribution in [0.2, 0.25) is 0 Å². The van der Waals surface area contributed by atoms with E-state index in [1.54, 1.807) is 0 Å². The van der Waals surface area contributed by atoms with Crippen LogP contribution in [0.4, 0.5) is 0 Å². The number of ether oxygens (including phenoxy) is 2. The number of unbranched alkanes of at least 4 members (excludes halogenated alkanes) is 24. The van der Waals surface area contributed by atoms with Crippen molar-refractivity contribution in [1.82, 2.24) is 30.8 Å². The minimum absolute atomic E-state index is 0. The van der Waals surface area contributed by atoms with Crippen LogP contribution in [-0.2, 0) is 50.9 Å². The van der Waals surface area contributed by atoms with Crippen molar-refractivity contribution in [1.29, 1.82) is 0 Å². The van der Waals surface area contributed by atoms with Gasteiger partial charge in [0, 0.05) is 12.8 Å².